The molecule has 1 unspecified atom stereocenters. The first-order chi connectivity index (χ1) is 26.1. The number of nitrogens with zero attached hydrogens (tertiary/aromatic N) is 1. The first-order valence-electron chi connectivity index (χ1n) is 18.3. The number of urea groups is 1. The molecule has 4 rings (SSSR count). The van der Waals surface area contributed by atoms with Gasteiger partial charge in [-0.2, -0.15) is 0 Å². The number of ether oxygens (including phenoxy) is 2. The Balaban J connectivity index is 0.000000355. The van der Waals surface area contributed by atoms with Crippen LogP contribution in [0.4, 0.5) is 20.1 Å². The highest BCUT2D eigenvalue weighted by molar-refractivity contribution is 5.87. The van der Waals surface area contributed by atoms with Gasteiger partial charge in [-0.05, 0) is 78.6 Å². The van der Waals surface area contributed by atoms with Gasteiger partial charge in [-0.25, -0.2) is 14.4 Å². The van der Waals surface area contributed by atoms with Crippen LogP contribution in [0.15, 0.2) is 66.7 Å². The maximum atomic E-state index is 12.7. The van der Waals surface area contributed by atoms with Gasteiger partial charge in [0, 0.05) is 38.8 Å². The quantitative estimate of drug-likeness (QED) is 0.121. The van der Waals surface area contributed by atoms with Crippen LogP contribution >= 0.6 is 0 Å². The van der Waals surface area contributed by atoms with Crippen LogP contribution in [0.1, 0.15) is 76.1 Å². The van der Waals surface area contributed by atoms with Crippen molar-refractivity contribution in [2.75, 3.05) is 39.1 Å². The van der Waals surface area contributed by atoms with Gasteiger partial charge >= 0.3 is 18.2 Å². The van der Waals surface area contributed by atoms with E-state index in [4.69, 9.17) is 15.2 Å². The molecule has 0 radical (unpaired) electrons. The summed E-state index contributed by atoms with van der Waals surface area (Å²) in [6, 6.07) is 21.1. The molecule has 55 heavy (non-hydrogen) atoms. The third-order valence-electron chi connectivity index (χ3n) is 8.25. The van der Waals surface area contributed by atoms with Gasteiger partial charge in [-0.1, -0.05) is 75.4 Å². The number of amides is 5. The van der Waals surface area contributed by atoms with E-state index >= 15 is 0 Å². The van der Waals surface area contributed by atoms with Gasteiger partial charge in [0.15, 0.2) is 0 Å². The highest BCUT2D eigenvalue weighted by Crippen LogP contribution is 2.44. The Morgan fingerprint density at radius 2 is 1.55 bits per heavy atom. The number of benzene rings is 3. The van der Waals surface area contributed by atoms with Crippen molar-refractivity contribution in [1.29, 1.82) is 0 Å². The number of carbonyl (C=O) groups excluding carboxylic acids is 5. The lowest BCUT2D eigenvalue weighted by Gasteiger charge is -2.24. The largest absolute Gasteiger partial charge is 0.448 e. The average molecular weight is 763 g/mol. The van der Waals surface area contributed by atoms with Crippen molar-refractivity contribution < 1.29 is 38.6 Å². The number of aliphatic hydroxyl groups excluding tert-OH is 1. The fraction of sp³-hybridized carbons (Fsp3) is 0.439. The van der Waals surface area contributed by atoms with E-state index in [0.717, 1.165) is 23.2 Å². The first-order valence-corrected chi connectivity index (χ1v) is 18.3. The number of hydrogen-bond donors (Lipinski definition) is 6. The van der Waals surface area contributed by atoms with E-state index in [1.807, 2.05) is 56.4 Å². The standard InChI is InChI=1S/C25H26N2O3.C12H22N2O4.C4H10N2O/c1-26-19-12-11-17(15-28)18(13-19)14-27(2)25(29)30-16-24-22-9-5-3-7-20(22)21-8-4-6-10-23(21)24;1-8(2)9(10(16)13-6-7-15)14-11(17)18-12(3,4)5;1-2-3-6-4(5)7/h3-13,24,26,28H,14-16H2,1-2H3;7-9H,6H2,1-5H3,(H,13,16)(H,14,17);2-3H2,1H3,(H3,5,6,7). The lowest BCUT2D eigenvalue weighted by atomic mass is 9.98. The fourth-order valence-electron chi connectivity index (χ4n) is 5.58. The predicted octanol–water partition coefficient (Wildman–Crippen LogP) is 5.52. The third kappa shape index (κ3) is 15.0. The van der Waals surface area contributed by atoms with E-state index in [1.165, 1.54) is 22.3 Å². The molecule has 0 spiro atoms. The minimum absolute atomic E-state index is 0.0374. The van der Waals surface area contributed by atoms with Gasteiger partial charge in [-0.3, -0.25) is 4.79 Å². The van der Waals surface area contributed by atoms with Gasteiger partial charge in [0.25, 0.3) is 0 Å². The van der Waals surface area contributed by atoms with E-state index in [9.17, 15) is 29.1 Å². The van der Waals surface area contributed by atoms with Crippen LogP contribution in [-0.4, -0.2) is 85.9 Å². The second-order valence-corrected chi connectivity index (χ2v) is 14.1. The molecule has 0 heterocycles. The van der Waals surface area contributed by atoms with Crippen LogP contribution in [0.2, 0.25) is 0 Å². The number of alkyl carbamates (subject to hydrolysis) is 1. The van der Waals surface area contributed by atoms with Crippen LogP contribution in [0.25, 0.3) is 11.1 Å². The van der Waals surface area contributed by atoms with E-state index in [2.05, 4.69) is 45.5 Å². The zero-order valence-electron chi connectivity index (χ0n) is 33.2. The number of rotatable bonds is 13. The number of primary amides is 1. The van der Waals surface area contributed by atoms with E-state index in [0.29, 0.717) is 26.0 Å². The molecule has 300 valence electrons. The molecule has 3 aromatic rings. The number of carbonyl (C=O) groups is 5. The van der Waals surface area contributed by atoms with E-state index in [-0.39, 0.29) is 31.1 Å². The van der Waals surface area contributed by atoms with Gasteiger partial charge in [-0.15, -0.1) is 0 Å². The number of aliphatic hydroxyl groups is 1. The molecule has 0 aromatic heterocycles. The Bertz CT molecular complexity index is 1680. The van der Waals surface area contributed by atoms with Crippen LogP contribution in [0.5, 0.6) is 0 Å². The van der Waals surface area contributed by atoms with E-state index in [1.54, 1.807) is 46.6 Å². The SMILES string of the molecule is CC(C)C(NC(=O)OC(C)(C)C)C(=O)NCC=O.CCCNC(N)=O.CNc1ccc(CO)c(CN(C)C(=O)OCC2c3ccccc3-c3ccccc32)c1. The normalized spacial score (nSPS) is 11.9. The summed E-state index contributed by atoms with van der Waals surface area (Å²) in [5.74, 6) is -0.470. The smallest absolute Gasteiger partial charge is 0.409 e. The van der Waals surface area contributed by atoms with Crippen molar-refractivity contribution >= 4 is 36.1 Å². The topological polar surface area (TPSA) is 201 Å². The Labute approximate surface area is 324 Å². The van der Waals surface area contributed by atoms with Gasteiger partial charge < -0.3 is 51.3 Å². The summed E-state index contributed by atoms with van der Waals surface area (Å²) in [7, 11) is 3.55. The first kappa shape index (κ1) is 45.5. The van der Waals surface area contributed by atoms with Crippen molar-refractivity contribution in [1.82, 2.24) is 20.9 Å². The van der Waals surface area contributed by atoms with Crippen molar-refractivity contribution in [3.8, 4) is 11.1 Å². The molecule has 5 amide bonds. The molecule has 0 saturated carbocycles. The van der Waals surface area contributed by atoms with Crippen molar-refractivity contribution in [2.45, 2.75) is 78.7 Å². The molecule has 1 atom stereocenters. The summed E-state index contributed by atoms with van der Waals surface area (Å²) < 4.78 is 10.8. The van der Waals surface area contributed by atoms with Crippen LogP contribution in [-0.2, 0) is 32.2 Å². The van der Waals surface area contributed by atoms with Gasteiger partial charge in [0.1, 0.15) is 24.5 Å². The summed E-state index contributed by atoms with van der Waals surface area (Å²) in [5, 5.41) is 20.0. The van der Waals surface area contributed by atoms with E-state index < -0.39 is 29.7 Å². The highest BCUT2D eigenvalue weighted by atomic mass is 16.6. The van der Waals surface area contributed by atoms with Crippen LogP contribution in [0.3, 0.4) is 0 Å². The van der Waals surface area contributed by atoms with Crippen molar-refractivity contribution in [3.05, 3.63) is 89.0 Å². The molecule has 7 N–H and O–H groups in total. The summed E-state index contributed by atoms with van der Waals surface area (Å²) >= 11 is 0. The van der Waals surface area contributed by atoms with Gasteiger partial charge in [0.05, 0.1) is 13.2 Å². The predicted molar refractivity (Wildman–Crippen MR) is 213 cm³/mol. The Hall–Kier alpha value is -5.63. The van der Waals surface area contributed by atoms with Crippen LogP contribution in [0, 0.1) is 5.92 Å². The number of nitrogens with one attached hydrogen (secondary N) is 4. The maximum absolute atomic E-state index is 12.7. The molecule has 1 aliphatic carbocycles. The zero-order chi connectivity index (χ0) is 41.1. The molecular weight excluding hydrogens is 704 g/mol. The molecule has 3 aromatic carbocycles. The summed E-state index contributed by atoms with van der Waals surface area (Å²) in [4.78, 5) is 57.6. The number of fused-ring (bicyclic) bond motifs is 3. The maximum Gasteiger partial charge on any atom is 0.409 e. The minimum Gasteiger partial charge on any atom is -0.448 e. The lowest BCUT2D eigenvalue weighted by Crippen LogP contribution is -2.51. The number of nitrogens with two attached hydrogens (primary N) is 1. The van der Waals surface area contributed by atoms with Crippen LogP contribution < -0.4 is 27.0 Å². The number of anilines is 1. The second-order valence-electron chi connectivity index (χ2n) is 14.1. The second kappa shape index (κ2) is 22.6. The molecule has 0 saturated heterocycles. The monoisotopic (exact) mass is 762 g/mol. The molecule has 0 bridgehead atoms. The Kier molecular flexibility index (Phi) is 18.7. The summed E-state index contributed by atoms with van der Waals surface area (Å²) in [5.41, 5.74) is 11.5. The summed E-state index contributed by atoms with van der Waals surface area (Å²) in [6.07, 6.45) is 0.490. The summed E-state index contributed by atoms with van der Waals surface area (Å²) in [6.45, 7) is 12.0. The fourth-order valence-corrected chi connectivity index (χ4v) is 5.58. The lowest BCUT2D eigenvalue weighted by molar-refractivity contribution is -0.125. The Morgan fingerprint density at radius 3 is 2.02 bits per heavy atom. The highest BCUT2D eigenvalue weighted by Gasteiger charge is 2.30. The number of aldehydes is 1. The third-order valence-corrected chi connectivity index (χ3v) is 8.25. The zero-order valence-corrected chi connectivity index (χ0v) is 33.2. The molecule has 14 heteroatoms. The van der Waals surface area contributed by atoms with Gasteiger partial charge in [0.2, 0.25) is 5.91 Å². The van der Waals surface area contributed by atoms with Crippen molar-refractivity contribution in [2.24, 2.45) is 11.7 Å². The average Bonchev–Trinajstić information content (AvgIpc) is 3.47. The molecular formula is C41H58N6O8. The van der Waals surface area contributed by atoms with Crippen molar-refractivity contribution in [3.63, 3.8) is 0 Å². The molecule has 1 aliphatic rings. The molecule has 0 aliphatic heterocycles. The minimum atomic E-state index is -0.722. The Morgan fingerprint density at radius 1 is 0.945 bits per heavy atom. The molecule has 0 fully saturated rings. The molecule has 14 nitrogen and oxygen atoms in total. The number of hydrogen-bond acceptors (Lipinski definition) is 9.